The highest BCUT2D eigenvalue weighted by Gasteiger charge is 2.45. The van der Waals surface area contributed by atoms with Crippen LogP contribution in [-0.2, 0) is 16.8 Å². The van der Waals surface area contributed by atoms with Gasteiger partial charge in [0.05, 0.1) is 5.41 Å². The summed E-state index contributed by atoms with van der Waals surface area (Å²) in [5.41, 5.74) is 5.92. The normalized spacial score (nSPS) is 25.2. The minimum atomic E-state index is -0.545. The number of rotatable bonds is 3. The molecule has 3 heterocycles. The summed E-state index contributed by atoms with van der Waals surface area (Å²) in [6.45, 7) is 9.28. The Kier molecular flexibility index (Phi) is 4.20. The molecule has 0 aromatic carbocycles. The number of nitrogens with two attached hydrogens (primary N) is 1. The Balaban J connectivity index is 1.79. The predicted molar refractivity (Wildman–Crippen MR) is 90.5 cm³/mol. The van der Waals surface area contributed by atoms with Crippen LogP contribution in [-0.4, -0.2) is 36.3 Å². The Bertz CT molecular complexity index is 659. The van der Waals surface area contributed by atoms with Crippen LogP contribution in [0.15, 0.2) is 10.5 Å². The third-order valence-corrected chi connectivity index (χ3v) is 5.16. The summed E-state index contributed by atoms with van der Waals surface area (Å²) in [6.07, 6.45) is 2.90. The quantitative estimate of drug-likeness (QED) is 0.882. The maximum Gasteiger partial charge on any atom is 0.284 e. The largest absolute Gasteiger partial charge is 0.455 e. The first-order valence-corrected chi connectivity index (χ1v) is 8.65. The lowest BCUT2D eigenvalue weighted by atomic mass is 9.79. The number of primary amides is 1. The molecule has 24 heavy (non-hydrogen) atoms. The Labute approximate surface area is 142 Å². The van der Waals surface area contributed by atoms with Gasteiger partial charge in [0, 0.05) is 30.6 Å². The minimum absolute atomic E-state index is 0.192. The van der Waals surface area contributed by atoms with Gasteiger partial charge in [-0.2, -0.15) is 0 Å². The van der Waals surface area contributed by atoms with Gasteiger partial charge in [0.1, 0.15) is 5.76 Å². The van der Waals surface area contributed by atoms with Crippen molar-refractivity contribution >= 4 is 11.8 Å². The SMILES string of the molecule is CC(C)(C)c1oc(C(N)=O)cc1CN1CC[C@@]2(CCCNC2=O)C1. The molecular weight excluding hydrogens is 306 g/mol. The molecule has 0 aliphatic carbocycles. The number of hydrogen-bond acceptors (Lipinski definition) is 4. The van der Waals surface area contributed by atoms with Gasteiger partial charge in [-0.3, -0.25) is 14.5 Å². The lowest BCUT2D eigenvalue weighted by Gasteiger charge is -2.32. The lowest BCUT2D eigenvalue weighted by Crippen LogP contribution is -2.47. The highest BCUT2D eigenvalue weighted by atomic mass is 16.4. The second-order valence-electron chi connectivity index (χ2n) is 8.18. The third kappa shape index (κ3) is 3.07. The number of nitrogens with one attached hydrogen (secondary N) is 1. The summed E-state index contributed by atoms with van der Waals surface area (Å²) >= 11 is 0. The second kappa shape index (κ2) is 5.92. The number of carbonyl (C=O) groups excluding carboxylic acids is 2. The molecule has 132 valence electrons. The molecule has 6 heteroatoms. The maximum absolute atomic E-state index is 12.3. The van der Waals surface area contributed by atoms with E-state index in [1.165, 1.54) is 0 Å². The van der Waals surface area contributed by atoms with E-state index < -0.39 is 5.91 Å². The van der Waals surface area contributed by atoms with Crippen LogP contribution in [0.5, 0.6) is 0 Å². The Morgan fingerprint density at radius 1 is 1.42 bits per heavy atom. The van der Waals surface area contributed by atoms with Crippen LogP contribution in [0.2, 0.25) is 0 Å². The zero-order chi connectivity index (χ0) is 17.5. The molecule has 0 saturated carbocycles. The van der Waals surface area contributed by atoms with E-state index in [0.29, 0.717) is 6.54 Å². The highest BCUT2D eigenvalue weighted by Crippen LogP contribution is 2.39. The van der Waals surface area contributed by atoms with Gasteiger partial charge in [-0.1, -0.05) is 20.8 Å². The van der Waals surface area contributed by atoms with Crippen molar-refractivity contribution in [3.63, 3.8) is 0 Å². The van der Waals surface area contributed by atoms with Gasteiger partial charge in [0.15, 0.2) is 5.76 Å². The molecular formula is C18H27N3O3. The summed E-state index contributed by atoms with van der Waals surface area (Å²) in [4.78, 5) is 26.1. The zero-order valence-corrected chi connectivity index (χ0v) is 14.8. The number of carbonyl (C=O) groups is 2. The van der Waals surface area contributed by atoms with E-state index in [1.807, 2.05) is 0 Å². The van der Waals surface area contributed by atoms with Gasteiger partial charge < -0.3 is 15.5 Å². The molecule has 2 aliphatic rings. The summed E-state index contributed by atoms with van der Waals surface area (Å²) in [6, 6.07) is 1.76. The van der Waals surface area contributed by atoms with Crippen molar-refractivity contribution in [3.05, 3.63) is 23.2 Å². The van der Waals surface area contributed by atoms with E-state index in [1.54, 1.807) is 6.07 Å². The molecule has 0 radical (unpaired) electrons. The van der Waals surface area contributed by atoms with Crippen LogP contribution in [0.3, 0.4) is 0 Å². The Morgan fingerprint density at radius 3 is 2.79 bits per heavy atom. The summed E-state index contributed by atoms with van der Waals surface area (Å²) in [5, 5.41) is 3.01. The number of nitrogens with zero attached hydrogens (tertiary/aromatic N) is 1. The van der Waals surface area contributed by atoms with Crippen LogP contribution >= 0.6 is 0 Å². The van der Waals surface area contributed by atoms with Gasteiger partial charge in [0.25, 0.3) is 5.91 Å². The summed E-state index contributed by atoms with van der Waals surface area (Å²) in [7, 11) is 0. The first-order chi connectivity index (χ1) is 11.2. The molecule has 1 aromatic rings. The molecule has 1 aromatic heterocycles. The van der Waals surface area contributed by atoms with Gasteiger partial charge >= 0.3 is 0 Å². The molecule has 3 rings (SSSR count). The lowest BCUT2D eigenvalue weighted by molar-refractivity contribution is -0.132. The number of furan rings is 1. The smallest absolute Gasteiger partial charge is 0.284 e. The van der Waals surface area contributed by atoms with E-state index >= 15 is 0 Å². The standard InChI is InChI=1S/C18H27N3O3/c1-17(2,3)14-12(9-13(24-14)15(19)22)10-21-8-6-18(11-21)5-4-7-20-16(18)23/h9H,4-8,10-11H2,1-3H3,(H2,19,22)(H,20,23)/t18-/m0/s1. The fraction of sp³-hybridized carbons (Fsp3) is 0.667. The number of hydrogen-bond donors (Lipinski definition) is 2. The number of likely N-dealkylation sites (tertiary alicyclic amines) is 1. The van der Waals surface area contributed by atoms with E-state index in [2.05, 4.69) is 31.0 Å². The van der Waals surface area contributed by atoms with Gasteiger partial charge in [-0.05, 0) is 31.9 Å². The van der Waals surface area contributed by atoms with Gasteiger partial charge in [-0.15, -0.1) is 0 Å². The van der Waals surface area contributed by atoms with Crippen molar-refractivity contribution in [2.75, 3.05) is 19.6 Å². The molecule has 3 N–H and O–H groups in total. The van der Waals surface area contributed by atoms with E-state index in [4.69, 9.17) is 10.2 Å². The third-order valence-electron chi connectivity index (χ3n) is 5.16. The summed E-state index contributed by atoms with van der Waals surface area (Å²) < 4.78 is 5.73. The first kappa shape index (κ1) is 17.0. The van der Waals surface area contributed by atoms with Gasteiger partial charge in [-0.25, -0.2) is 0 Å². The summed E-state index contributed by atoms with van der Waals surface area (Å²) in [5.74, 6) is 0.651. The Morgan fingerprint density at radius 2 is 2.17 bits per heavy atom. The fourth-order valence-corrected chi connectivity index (χ4v) is 3.96. The van der Waals surface area contributed by atoms with Crippen molar-refractivity contribution in [1.29, 1.82) is 0 Å². The van der Waals surface area contributed by atoms with Crippen molar-refractivity contribution in [3.8, 4) is 0 Å². The zero-order valence-electron chi connectivity index (χ0n) is 14.8. The van der Waals surface area contributed by atoms with E-state index in [0.717, 1.165) is 50.2 Å². The molecule has 1 spiro atoms. The van der Waals surface area contributed by atoms with Crippen LogP contribution < -0.4 is 11.1 Å². The molecule has 6 nitrogen and oxygen atoms in total. The number of piperidine rings is 1. The average molecular weight is 333 g/mol. The molecule has 1 atom stereocenters. The van der Waals surface area contributed by atoms with E-state index in [9.17, 15) is 9.59 Å². The average Bonchev–Trinajstić information content (AvgIpc) is 3.08. The van der Waals surface area contributed by atoms with Gasteiger partial charge in [0.2, 0.25) is 5.91 Å². The first-order valence-electron chi connectivity index (χ1n) is 8.65. The van der Waals surface area contributed by atoms with E-state index in [-0.39, 0.29) is 22.5 Å². The van der Waals surface area contributed by atoms with Crippen molar-refractivity contribution in [1.82, 2.24) is 10.2 Å². The maximum atomic E-state index is 12.3. The van der Waals surface area contributed by atoms with Crippen LogP contribution in [0.25, 0.3) is 0 Å². The van der Waals surface area contributed by atoms with Crippen molar-refractivity contribution in [2.24, 2.45) is 11.1 Å². The molecule has 0 unspecified atom stereocenters. The second-order valence-corrected chi connectivity index (χ2v) is 8.18. The highest BCUT2D eigenvalue weighted by molar-refractivity contribution is 5.90. The monoisotopic (exact) mass is 333 g/mol. The molecule has 2 amide bonds. The van der Waals surface area contributed by atoms with Crippen LogP contribution in [0.4, 0.5) is 0 Å². The topological polar surface area (TPSA) is 88.6 Å². The van der Waals surface area contributed by atoms with Crippen molar-refractivity contribution < 1.29 is 14.0 Å². The molecule has 0 bridgehead atoms. The Hall–Kier alpha value is -1.82. The van der Waals surface area contributed by atoms with Crippen LogP contribution in [0.1, 0.15) is 61.9 Å². The fourth-order valence-electron chi connectivity index (χ4n) is 3.96. The minimum Gasteiger partial charge on any atom is -0.455 e. The van der Waals surface area contributed by atoms with Crippen molar-refractivity contribution in [2.45, 2.75) is 52.0 Å². The molecule has 2 saturated heterocycles. The molecule has 2 fully saturated rings. The van der Waals surface area contributed by atoms with Crippen LogP contribution in [0, 0.1) is 5.41 Å². The predicted octanol–water partition coefficient (Wildman–Crippen LogP) is 1.78. The molecule has 2 aliphatic heterocycles. The number of amides is 2.